The third-order valence-corrected chi connectivity index (χ3v) is 2.77. The van der Waals surface area contributed by atoms with Crippen molar-refractivity contribution >= 4 is 12.1 Å². The molecule has 1 unspecified atom stereocenters. The van der Waals surface area contributed by atoms with Gasteiger partial charge in [-0.05, 0) is 0 Å². The first-order valence-electron chi connectivity index (χ1n) is 5.16. The van der Waals surface area contributed by atoms with E-state index in [0.29, 0.717) is 4.90 Å². The maximum atomic E-state index is 11.5. The number of hydrogen-bond acceptors (Lipinski definition) is 7. The SMILES string of the molecule is O=C1NC(=O)N([C@@H]2O[C@H](CO)[C@@H](O)[C@H]2O)C(O)N1. The Labute approximate surface area is 101 Å². The number of rotatable bonds is 2. The highest BCUT2D eigenvalue weighted by Gasteiger charge is 2.50. The Morgan fingerprint density at radius 2 is 1.89 bits per heavy atom. The second-order valence-electron chi connectivity index (χ2n) is 3.91. The Morgan fingerprint density at radius 1 is 1.22 bits per heavy atom. The lowest BCUT2D eigenvalue weighted by atomic mass is 10.1. The molecule has 5 atom stereocenters. The van der Waals surface area contributed by atoms with Gasteiger partial charge in [-0.2, -0.15) is 0 Å². The zero-order chi connectivity index (χ0) is 13.4. The van der Waals surface area contributed by atoms with Gasteiger partial charge >= 0.3 is 12.1 Å². The third kappa shape index (κ3) is 2.00. The van der Waals surface area contributed by atoms with E-state index in [1.165, 1.54) is 0 Å². The molecule has 10 heteroatoms. The number of hydrogen-bond donors (Lipinski definition) is 6. The van der Waals surface area contributed by atoms with Gasteiger partial charge in [0.05, 0.1) is 6.61 Å². The Morgan fingerprint density at radius 3 is 2.39 bits per heavy atom. The summed E-state index contributed by atoms with van der Waals surface area (Å²) in [5.74, 6) is 0. The molecular weight excluding hydrogens is 250 g/mol. The molecule has 102 valence electrons. The van der Waals surface area contributed by atoms with E-state index in [0.717, 1.165) is 0 Å². The number of carbonyl (C=O) groups is 2. The van der Waals surface area contributed by atoms with Crippen LogP contribution in [-0.2, 0) is 4.74 Å². The fraction of sp³-hybridized carbons (Fsp3) is 0.750. The summed E-state index contributed by atoms with van der Waals surface area (Å²) < 4.78 is 5.05. The molecule has 0 spiro atoms. The van der Waals surface area contributed by atoms with Crippen LogP contribution in [0.25, 0.3) is 0 Å². The molecule has 0 radical (unpaired) electrons. The molecule has 2 aliphatic rings. The number of aliphatic hydroxyl groups is 4. The van der Waals surface area contributed by atoms with Crippen LogP contribution in [0.2, 0.25) is 0 Å². The second kappa shape index (κ2) is 4.66. The Bertz CT molecular complexity index is 365. The van der Waals surface area contributed by atoms with E-state index in [2.05, 4.69) is 0 Å². The molecule has 18 heavy (non-hydrogen) atoms. The molecule has 6 N–H and O–H groups in total. The van der Waals surface area contributed by atoms with Crippen LogP contribution in [0.15, 0.2) is 0 Å². The number of carbonyl (C=O) groups excluding carboxylic acids is 2. The molecule has 2 saturated heterocycles. The molecule has 0 bridgehead atoms. The highest BCUT2D eigenvalue weighted by Crippen LogP contribution is 2.25. The van der Waals surface area contributed by atoms with Gasteiger partial charge in [0, 0.05) is 0 Å². The topological polar surface area (TPSA) is 152 Å². The summed E-state index contributed by atoms with van der Waals surface area (Å²) in [7, 11) is 0. The average molecular weight is 263 g/mol. The van der Waals surface area contributed by atoms with E-state index in [1.807, 2.05) is 10.6 Å². The monoisotopic (exact) mass is 263 g/mol. The molecule has 0 aromatic heterocycles. The van der Waals surface area contributed by atoms with Crippen molar-refractivity contribution in [1.82, 2.24) is 15.5 Å². The molecule has 2 aliphatic heterocycles. The maximum Gasteiger partial charge on any atom is 0.331 e. The quantitative estimate of drug-likeness (QED) is 0.301. The summed E-state index contributed by atoms with van der Waals surface area (Å²) in [6.07, 6.45) is -7.08. The van der Waals surface area contributed by atoms with Crippen LogP contribution in [0.3, 0.4) is 0 Å². The summed E-state index contributed by atoms with van der Waals surface area (Å²) in [4.78, 5) is 23.0. The fourth-order valence-electron chi connectivity index (χ4n) is 1.86. The van der Waals surface area contributed by atoms with Crippen LogP contribution in [-0.4, -0.2) is 74.9 Å². The predicted octanol–water partition coefficient (Wildman–Crippen LogP) is -3.56. The molecular formula is C8H13N3O7. The predicted molar refractivity (Wildman–Crippen MR) is 52.7 cm³/mol. The first-order valence-corrected chi connectivity index (χ1v) is 5.16. The van der Waals surface area contributed by atoms with E-state index < -0.39 is 49.6 Å². The van der Waals surface area contributed by atoms with Crippen molar-refractivity contribution in [2.24, 2.45) is 0 Å². The van der Waals surface area contributed by atoms with E-state index in [1.54, 1.807) is 0 Å². The van der Waals surface area contributed by atoms with E-state index in [4.69, 9.17) is 9.84 Å². The van der Waals surface area contributed by atoms with Crippen molar-refractivity contribution < 1.29 is 34.8 Å². The molecule has 10 nitrogen and oxygen atoms in total. The minimum atomic E-state index is -1.70. The largest absolute Gasteiger partial charge is 0.394 e. The van der Waals surface area contributed by atoms with Crippen molar-refractivity contribution in [2.45, 2.75) is 30.9 Å². The summed E-state index contributed by atoms with van der Waals surface area (Å²) in [6.45, 7) is -0.563. The number of amides is 4. The molecule has 0 aromatic rings. The maximum absolute atomic E-state index is 11.5. The van der Waals surface area contributed by atoms with Crippen LogP contribution in [0.4, 0.5) is 9.59 Å². The van der Waals surface area contributed by atoms with E-state index in [-0.39, 0.29) is 0 Å². The normalized spacial score (nSPS) is 40.7. The molecule has 0 aromatic carbocycles. The number of nitrogens with one attached hydrogen (secondary N) is 2. The third-order valence-electron chi connectivity index (χ3n) is 2.77. The Kier molecular flexibility index (Phi) is 3.36. The molecule has 0 aliphatic carbocycles. The van der Waals surface area contributed by atoms with Crippen molar-refractivity contribution in [3.63, 3.8) is 0 Å². The van der Waals surface area contributed by atoms with Gasteiger partial charge in [-0.1, -0.05) is 0 Å². The zero-order valence-corrected chi connectivity index (χ0v) is 9.05. The zero-order valence-electron chi connectivity index (χ0n) is 9.05. The second-order valence-corrected chi connectivity index (χ2v) is 3.91. The lowest BCUT2D eigenvalue weighted by Crippen LogP contribution is -2.67. The molecule has 0 saturated carbocycles. The molecule has 2 heterocycles. The average Bonchev–Trinajstić information content (AvgIpc) is 2.56. The van der Waals surface area contributed by atoms with Crippen molar-refractivity contribution in [1.29, 1.82) is 0 Å². The van der Waals surface area contributed by atoms with Crippen LogP contribution in [0, 0.1) is 0 Å². The van der Waals surface area contributed by atoms with Gasteiger partial charge in [0.1, 0.15) is 18.3 Å². The molecule has 4 amide bonds. The van der Waals surface area contributed by atoms with Crippen molar-refractivity contribution in [2.75, 3.05) is 6.61 Å². The summed E-state index contributed by atoms with van der Waals surface area (Å²) in [5.41, 5.74) is 0. The number of imide groups is 1. The van der Waals surface area contributed by atoms with Crippen molar-refractivity contribution in [3.05, 3.63) is 0 Å². The standard InChI is InChI=1S/C8H13N3O7/c12-1-2-3(13)4(14)5(18-2)11-7(16)9-6(15)10-8(11)17/h2-5,7,12-14,16H,1H2,(H2,9,10,15,17)/t2-,3-,4-,5-,7?/m1/s1. The number of nitrogens with zero attached hydrogens (tertiary/aromatic N) is 1. The highest BCUT2D eigenvalue weighted by molar-refractivity contribution is 5.95. The van der Waals surface area contributed by atoms with Gasteiger partial charge in [-0.15, -0.1) is 0 Å². The van der Waals surface area contributed by atoms with Gasteiger partial charge in [-0.25, -0.2) is 9.59 Å². The Hall–Kier alpha value is -1.46. The van der Waals surface area contributed by atoms with Crippen LogP contribution < -0.4 is 10.6 Å². The number of ether oxygens (including phenoxy) is 1. The first kappa shape index (κ1) is 13.0. The van der Waals surface area contributed by atoms with E-state index in [9.17, 15) is 24.9 Å². The number of aliphatic hydroxyl groups excluding tert-OH is 4. The lowest BCUT2D eigenvalue weighted by molar-refractivity contribution is -0.137. The van der Waals surface area contributed by atoms with Gasteiger partial charge in [0.2, 0.25) is 6.35 Å². The highest BCUT2D eigenvalue weighted by atomic mass is 16.6. The van der Waals surface area contributed by atoms with Gasteiger partial charge in [0.25, 0.3) is 0 Å². The minimum Gasteiger partial charge on any atom is -0.394 e. The summed E-state index contributed by atoms with van der Waals surface area (Å²) in [6, 6.07) is -1.88. The first-order chi connectivity index (χ1) is 8.45. The van der Waals surface area contributed by atoms with Crippen molar-refractivity contribution in [3.8, 4) is 0 Å². The Balaban J connectivity index is 2.16. The van der Waals surface area contributed by atoms with Crippen LogP contribution in [0.1, 0.15) is 0 Å². The van der Waals surface area contributed by atoms with Gasteiger partial charge in [0.15, 0.2) is 6.23 Å². The summed E-state index contributed by atoms with van der Waals surface area (Å²) >= 11 is 0. The number of urea groups is 2. The lowest BCUT2D eigenvalue weighted by Gasteiger charge is -2.36. The van der Waals surface area contributed by atoms with E-state index >= 15 is 0 Å². The molecule has 2 rings (SSSR count). The van der Waals surface area contributed by atoms with Gasteiger partial charge < -0.3 is 25.2 Å². The minimum absolute atomic E-state index is 0.563. The fourth-order valence-corrected chi connectivity index (χ4v) is 1.86. The summed E-state index contributed by atoms with van der Waals surface area (Å²) in [5, 5.41) is 41.5. The smallest absolute Gasteiger partial charge is 0.331 e. The van der Waals surface area contributed by atoms with Crippen LogP contribution in [0.5, 0.6) is 0 Å². The molecule has 2 fully saturated rings. The van der Waals surface area contributed by atoms with Crippen LogP contribution >= 0.6 is 0 Å². The van der Waals surface area contributed by atoms with Gasteiger partial charge in [-0.3, -0.25) is 15.5 Å².